The van der Waals surface area contributed by atoms with Crippen molar-refractivity contribution in [2.45, 2.75) is 51.9 Å². The minimum Gasteiger partial charge on any atom is -0.436 e. The average molecular weight is 333 g/mol. The smallest absolute Gasteiger partial charge is 0.408 e. The van der Waals surface area contributed by atoms with Crippen molar-refractivity contribution in [3.63, 3.8) is 0 Å². The second-order valence-corrected chi connectivity index (χ2v) is 5.64. The Bertz CT molecular complexity index is 612. The highest BCUT2D eigenvalue weighted by Crippen LogP contribution is 2.33. The van der Waals surface area contributed by atoms with Crippen molar-refractivity contribution in [1.29, 1.82) is 0 Å². The zero-order valence-electron chi connectivity index (χ0n) is 13.0. The third-order valence-corrected chi connectivity index (χ3v) is 3.73. The number of carbonyl (C=O) groups is 2. The molecule has 1 N–H and O–H groups in total. The predicted molar refractivity (Wildman–Crippen MR) is 73.7 cm³/mol. The van der Waals surface area contributed by atoms with Crippen molar-refractivity contribution in [2.24, 2.45) is 0 Å². The lowest BCUT2D eigenvalue weighted by Crippen LogP contribution is -2.58. The normalized spacial score (nSPS) is 22.1. The Morgan fingerprint density at radius 3 is 2.43 bits per heavy atom. The number of amides is 2. The van der Waals surface area contributed by atoms with Gasteiger partial charge in [0.2, 0.25) is 11.7 Å². The lowest BCUT2D eigenvalue weighted by molar-refractivity contribution is -0.184. The van der Waals surface area contributed by atoms with Gasteiger partial charge < -0.3 is 14.6 Å². The van der Waals surface area contributed by atoms with Gasteiger partial charge >= 0.3 is 6.18 Å². The fraction of sp³-hybridized carbons (Fsp3) is 0.643. The van der Waals surface area contributed by atoms with Crippen LogP contribution in [-0.2, 0) is 4.79 Å². The molecule has 0 aromatic carbocycles. The summed E-state index contributed by atoms with van der Waals surface area (Å²) in [5, 5.41) is 2.56. The summed E-state index contributed by atoms with van der Waals surface area (Å²) in [6.07, 6.45) is -4.66. The Morgan fingerprint density at radius 1 is 1.30 bits per heavy atom. The van der Waals surface area contributed by atoms with E-state index in [9.17, 15) is 22.8 Å². The molecule has 1 saturated heterocycles. The molecule has 6 nitrogen and oxygen atoms in total. The van der Waals surface area contributed by atoms with Gasteiger partial charge in [0.15, 0.2) is 5.89 Å². The summed E-state index contributed by atoms with van der Waals surface area (Å²) < 4.78 is 44.9. The van der Waals surface area contributed by atoms with Crippen LogP contribution in [0.3, 0.4) is 0 Å². The summed E-state index contributed by atoms with van der Waals surface area (Å²) in [4.78, 5) is 28.3. The van der Waals surface area contributed by atoms with Gasteiger partial charge in [-0.05, 0) is 19.8 Å². The van der Waals surface area contributed by atoms with E-state index < -0.39 is 24.2 Å². The fourth-order valence-corrected chi connectivity index (χ4v) is 2.80. The molecule has 0 aliphatic carbocycles. The minimum atomic E-state index is -4.54. The number of hydrogen-bond acceptors (Lipinski definition) is 4. The number of hydrogen-bond donors (Lipinski definition) is 1. The lowest BCUT2D eigenvalue weighted by Gasteiger charge is -2.40. The van der Waals surface area contributed by atoms with Gasteiger partial charge in [-0.3, -0.25) is 9.59 Å². The van der Waals surface area contributed by atoms with Crippen LogP contribution < -0.4 is 5.32 Å². The maximum Gasteiger partial charge on any atom is 0.408 e. The Hall–Kier alpha value is -2.06. The van der Waals surface area contributed by atoms with Gasteiger partial charge in [0.25, 0.3) is 5.91 Å². The van der Waals surface area contributed by atoms with Crippen LogP contribution in [0.4, 0.5) is 13.2 Å². The number of alkyl halides is 3. The molecule has 2 rings (SSSR count). The van der Waals surface area contributed by atoms with E-state index in [2.05, 4.69) is 10.3 Å². The number of aromatic nitrogens is 1. The van der Waals surface area contributed by atoms with Crippen LogP contribution in [0.5, 0.6) is 0 Å². The monoisotopic (exact) mass is 333 g/mol. The van der Waals surface area contributed by atoms with E-state index in [1.165, 1.54) is 20.8 Å². The number of piperidine rings is 1. The maximum atomic E-state index is 13.2. The van der Waals surface area contributed by atoms with Crippen LogP contribution in [0, 0.1) is 13.8 Å². The molecule has 0 radical (unpaired) electrons. The molecule has 9 heteroatoms. The van der Waals surface area contributed by atoms with E-state index in [1.54, 1.807) is 0 Å². The first-order chi connectivity index (χ1) is 10.6. The van der Waals surface area contributed by atoms with Gasteiger partial charge in [0.1, 0.15) is 6.04 Å². The van der Waals surface area contributed by atoms with Gasteiger partial charge in [-0.25, -0.2) is 4.98 Å². The maximum absolute atomic E-state index is 13.2. The first-order valence-corrected chi connectivity index (χ1v) is 7.18. The van der Waals surface area contributed by atoms with Crippen molar-refractivity contribution in [3.8, 4) is 0 Å². The van der Waals surface area contributed by atoms with E-state index in [0.717, 1.165) is 4.90 Å². The molecule has 2 amide bonds. The summed E-state index contributed by atoms with van der Waals surface area (Å²) in [6.45, 7) is 4.08. The molecular weight excluding hydrogens is 315 g/mol. The zero-order valence-corrected chi connectivity index (χ0v) is 13.0. The van der Waals surface area contributed by atoms with Crippen molar-refractivity contribution < 1.29 is 27.2 Å². The number of likely N-dealkylation sites (tertiary alicyclic amines) is 1. The quantitative estimate of drug-likeness (QED) is 0.898. The Morgan fingerprint density at radius 2 is 1.96 bits per heavy atom. The Kier molecular flexibility index (Phi) is 4.67. The van der Waals surface area contributed by atoms with E-state index in [0.29, 0.717) is 0 Å². The summed E-state index contributed by atoms with van der Waals surface area (Å²) in [5.41, 5.74) is 0.245. The van der Waals surface area contributed by atoms with Crippen LogP contribution in [0.25, 0.3) is 0 Å². The number of nitrogens with one attached hydrogen (secondary N) is 1. The predicted octanol–water partition coefficient (Wildman–Crippen LogP) is 1.96. The number of halogens is 3. The molecule has 1 aromatic heterocycles. The van der Waals surface area contributed by atoms with E-state index in [4.69, 9.17) is 4.42 Å². The fourth-order valence-electron chi connectivity index (χ4n) is 2.80. The summed E-state index contributed by atoms with van der Waals surface area (Å²) in [7, 11) is 0. The number of nitrogens with zero attached hydrogens (tertiary/aromatic N) is 2. The van der Waals surface area contributed by atoms with E-state index in [-0.39, 0.29) is 42.6 Å². The standard InChI is InChI=1S/C14H18F3N3O3/c1-7-12(23-9(3)18-7)13(22)20-6-10(19-8(2)21)4-5-11(20)14(15,16)17/h10-11H,4-6H2,1-3H3,(H,19,21)/t10-,11-/m1/s1. The Balaban J connectivity index is 2.29. The van der Waals surface area contributed by atoms with Gasteiger partial charge in [-0.2, -0.15) is 13.2 Å². The second kappa shape index (κ2) is 6.21. The molecule has 0 bridgehead atoms. The molecule has 0 saturated carbocycles. The summed E-state index contributed by atoms with van der Waals surface area (Å²) in [5.74, 6) is -1.19. The SMILES string of the molecule is CC(=O)N[C@@H]1CC[C@H](C(F)(F)F)N(C(=O)c2oc(C)nc2C)C1. The topological polar surface area (TPSA) is 75.4 Å². The zero-order chi connectivity index (χ0) is 17.4. The Labute approximate surface area is 131 Å². The van der Waals surface area contributed by atoms with Crippen LogP contribution in [-0.4, -0.2) is 46.5 Å². The third kappa shape index (κ3) is 3.83. The largest absolute Gasteiger partial charge is 0.436 e. The number of rotatable bonds is 2. The molecule has 1 aliphatic heterocycles. The summed E-state index contributed by atoms with van der Waals surface area (Å²) >= 11 is 0. The molecule has 1 aliphatic rings. The van der Waals surface area contributed by atoms with Crippen molar-refractivity contribution >= 4 is 11.8 Å². The van der Waals surface area contributed by atoms with Crippen molar-refractivity contribution in [2.75, 3.05) is 6.54 Å². The number of carbonyl (C=O) groups excluding carboxylic acids is 2. The van der Waals surface area contributed by atoms with Crippen LogP contribution in [0.15, 0.2) is 4.42 Å². The van der Waals surface area contributed by atoms with Gasteiger partial charge in [-0.15, -0.1) is 0 Å². The molecule has 2 heterocycles. The van der Waals surface area contributed by atoms with Crippen LogP contribution in [0.1, 0.15) is 41.9 Å². The first-order valence-electron chi connectivity index (χ1n) is 7.18. The van der Waals surface area contributed by atoms with Gasteiger partial charge in [0.05, 0.1) is 5.69 Å². The highest BCUT2D eigenvalue weighted by molar-refractivity contribution is 5.93. The first kappa shape index (κ1) is 17.3. The van der Waals surface area contributed by atoms with Gasteiger partial charge in [0, 0.05) is 26.4 Å². The van der Waals surface area contributed by atoms with E-state index in [1.807, 2.05) is 0 Å². The molecule has 1 aromatic rings. The molecule has 0 spiro atoms. The molecule has 2 atom stereocenters. The lowest BCUT2D eigenvalue weighted by atomic mass is 9.97. The highest BCUT2D eigenvalue weighted by Gasteiger charge is 2.49. The van der Waals surface area contributed by atoms with Crippen molar-refractivity contribution in [1.82, 2.24) is 15.2 Å². The second-order valence-electron chi connectivity index (χ2n) is 5.64. The minimum absolute atomic E-state index is 0.155. The average Bonchev–Trinajstić information content (AvgIpc) is 2.74. The third-order valence-electron chi connectivity index (χ3n) is 3.73. The molecule has 23 heavy (non-hydrogen) atoms. The van der Waals surface area contributed by atoms with Crippen LogP contribution >= 0.6 is 0 Å². The van der Waals surface area contributed by atoms with Gasteiger partial charge in [-0.1, -0.05) is 0 Å². The molecule has 128 valence electrons. The number of oxazole rings is 1. The highest BCUT2D eigenvalue weighted by atomic mass is 19.4. The number of aryl methyl sites for hydroxylation is 2. The molecule has 0 unspecified atom stereocenters. The van der Waals surface area contributed by atoms with E-state index >= 15 is 0 Å². The molecular formula is C14H18F3N3O3. The molecule has 1 fully saturated rings. The van der Waals surface area contributed by atoms with Crippen molar-refractivity contribution in [3.05, 3.63) is 17.3 Å². The van der Waals surface area contributed by atoms with Crippen LogP contribution in [0.2, 0.25) is 0 Å². The summed E-state index contributed by atoms with van der Waals surface area (Å²) in [6, 6.07) is -2.41.